The smallest absolute Gasteiger partial charge is 0.238 e. The Hall–Kier alpha value is -2.32. The van der Waals surface area contributed by atoms with Gasteiger partial charge in [0.2, 0.25) is 5.91 Å². The van der Waals surface area contributed by atoms with Crippen molar-refractivity contribution in [2.75, 3.05) is 18.4 Å². The average molecular weight is 228 g/mol. The van der Waals surface area contributed by atoms with Gasteiger partial charge in [-0.15, -0.1) is 6.42 Å². The Labute approximate surface area is 98.6 Å². The molecular formula is C12H12N4O. The van der Waals surface area contributed by atoms with Gasteiger partial charge in [0.05, 0.1) is 24.8 Å². The van der Waals surface area contributed by atoms with Gasteiger partial charge in [-0.3, -0.25) is 15.2 Å². The standard InChI is InChI=1S/C12H12N4O/c1-2-5-13-8-12(17)15-10-3-4-11-9(6-10)7-14-16-11/h1,3-4,6-7,13H,5,8H2,(H,14,16)(H,15,17). The average Bonchev–Trinajstić information content (AvgIpc) is 2.76. The second kappa shape index (κ2) is 5.14. The maximum atomic E-state index is 11.5. The number of aromatic amines is 1. The van der Waals surface area contributed by atoms with Crippen LogP contribution in [0.15, 0.2) is 24.4 Å². The lowest BCUT2D eigenvalue weighted by molar-refractivity contribution is -0.115. The van der Waals surface area contributed by atoms with E-state index in [0.717, 1.165) is 16.6 Å². The molecule has 1 aromatic heterocycles. The van der Waals surface area contributed by atoms with Crippen LogP contribution < -0.4 is 10.6 Å². The number of carbonyl (C=O) groups is 1. The summed E-state index contributed by atoms with van der Waals surface area (Å²) in [5, 5.41) is 13.3. The van der Waals surface area contributed by atoms with Crippen molar-refractivity contribution in [3.8, 4) is 12.3 Å². The molecule has 0 spiro atoms. The minimum absolute atomic E-state index is 0.122. The number of amides is 1. The zero-order chi connectivity index (χ0) is 12.1. The van der Waals surface area contributed by atoms with E-state index in [-0.39, 0.29) is 12.5 Å². The molecule has 5 nitrogen and oxygen atoms in total. The van der Waals surface area contributed by atoms with Crippen LogP contribution in [0.25, 0.3) is 10.9 Å². The van der Waals surface area contributed by atoms with Gasteiger partial charge in [-0.25, -0.2) is 0 Å². The first-order valence-corrected chi connectivity index (χ1v) is 5.17. The summed E-state index contributed by atoms with van der Waals surface area (Å²) in [7, 11) is 0. The van der Waals surface area contributed by atoms with E-state index in [1.807, 2.05) is 18.2 Å². The molecule has 1 amide bonds. The van der Waals surface area contributed by atoms with Crippen molar-refractivity contribution in [3.05, 3.63) is 24.4 Å². The molecule has 0 atom stereocenters. The van der Waals surface area contributed by atoms with Gasteiger partial charge >= 0.3 is 0 Å². The number of aromatic nitrogens is 2. The SMILES string of the molecule is C#CCNCC(=O)Nc1ccc2[nH]ncc2c1. The molecule has 2 aromatic rings. The van der Waals surface area contributed by atoms with Crippen molar-refractivity contribution >= 4 is 22.5 Å². The number of H-pyrrole nitrogens is 1. The van der Waals surface area contributed by atoms with E-state index in [4.69, 9.17) is 6.42 Å². The Balaban J connectivity index is 1.98. The molecule has 0 fully saturated rings. The number of hydrogen-bond donors (Lipinski definition) is 3. The zero-order valence-corrected chi connectivity index (χ0v) is 9.16. The topological polar surface area (TPSA) is 69.8 Å². The summed E-state index contributed by atoms with van der Waals surface area (Å²) in [6.07, 6.45) is 6.77. The number of carbonyl (C=O) groups excluding carboxylic acids is 1. The highest BCUT2D eigenvalue weighted by Crippen LogP contribution is 2.16. The Morgan fingerprint density at radius 3 is 3.24 bits per heavy atom. The fourth-order valence-corrected chi connectivity index (χ4v) is 1.47. The molecule has 0 aliphatic carbocycles. The van der Waals surface area contributed by atoms with Crippen molar-refractivity contribution in [1.82, 2.24) is 15.5 Å². The van der Waals surface area contributed by atoms with Gasteiger partial charge in [0, 0.05) is 11.1 Å². The van der Waals surface area contributed by atoms with Crippen LogP contribution in [0.4, 0.5) is 5.69 Å². The van der Waals surface area contributed by atoms with Gasteiger partial charge in [0.1, 0.15) is 0 Å². The maximum absolute atomic E-state index is 11.5. The van der Waals surface area contributed by atoms with E-state index in [1.165, 1.54) is 0 Å². The molecule has 0 aliphatic heterocycles. The molecule has 1 aromatic carbocycles. The fraction of sp³-hybridized carbons (Fsp3) is 0.167. The number of nitrogens with zero attached hydrogens (tertiary/aromatic N) is 1. The summed E-state index contributed by atoms with van der Waals surface area (Å²) in [5.74, 6) is 2.28. The number of rotatable bonds is 4. The highest BCUT2D eigenvalue weighted by atomic mass is 16.1. The molecule has 17 heavy (non-hydrogen) atoms. The Bertz CT molecular complexity index is 567. The van der Waals surface area contributed by atoms with Crippen LogP contribution in [0.3, 0.4) is 0 Å². The summed E-state index contributed by atoms with van der Waals surface area (Å²) < 4.78 is 0. The van der Waals surface area contributed by atoms with E-state index in [1.54, 1.807) is 6.20 Å². The summed E-state index contributed by atoms with van der Waals surface area (Å²) in [4.78, 5) is 11.5. The van der Waals surface area contributed by atoms with Crippen LogP contribution in [-0.4, -0.2) is 29.2 Å². The van der Waals surface area contributed by atoms with Crippen LogP contribution in [0.5, 0.6) is 0 Å². The number of benzene rings is 1. The lowest BCUT2D eigenvalue weighted by Crippen LogP contribution is -2.28. The van der Waals surface area contributed by atoms with E-state index < -0.39 is 0 Å². The largest absolute Gasteiger partial charge is 0.325 e. The van der Waals surface area contributed by atoms with E-state index in [0.29, 0.717) is 6.54 Å². The van der Waals surface area contributed by atoms with Gasteiger partial charge in [0.15, 0.2) is 0 Å². The lowest BCUT2D eigenvalue weighted by atomic mass is 10.2. The highest BCUT2D eigenvalue weighted by molar-refractivity contribution is 5.94. The normalized spacial score (nSPS) is 10.1. The van der Waals surface area contributed by atoms with Gasteiger partial charge in [-0.2, -0.15) is 5.10 Å². The van der Waals surface area contributed by atoms with Crippen molar-refractivity contribution in [3.63, 3.8) is 0 Å². The molecule has 5 heteroatoms. The minimum Gasteiger partial charge on any atom is -0.325 e. The van der Waals surface area contributed by atoms with Gasteiger partial charge < -0.3 is 5.32 Å². The number of anilines is 1. The van der Waals surface area contributed by atoms with E-state index in [9.17, 15) is 4.79 Å². The summed E-state index contributed by atoms with van der Waals surface area (Å²) in [5.41, 5.74) is 1.68. The summed E-state index contributed by atoms with van der Waals surface area (Å²) in [6, 6.07) is 5.55. The van der Waals surface area contributed by atoms with Crippen molar-refractivity contribution < 1.29 is 4.79 Å². The predicted molar refractivity (Wildman–Crippen MR) is 66.4 cm³/mol. The first-order chi connectivity index (χ1) is 8.29. The third-order valence-electron chi connectivity index (χ3n) is 2.24. The predicted octanol–water partition coefficient (Wildman–Crippen LogP) is 0.724. The van der Waals surface area contributed by atoms with Crippen LogP contribution in [0.2, 0.25) is 0 Å². The number of hydrogen-bond acceptors (Lipinski definition) is 3. The molecule has 0 saturated heterocycles. The molecule has 0 unspecified atom stereocenters. The molecule has 0 radical (unpaired) electrons. The Morgan fingerprint density at radius 1 is 1.53 bits per heavy atom. The third kappa shape index (κ3) is 2.83. The second-order valence-corrected chi connectivity index (χ2v) is 3.53. The highest BCUT2D eigenvalue weighted by Gasteiger charge is 2.02. The van der Waals surface area contributed by atoms with Crippen molar-refractivity contribution in [2.45, 2.75) is 0 Å². The molecule has 86 valence electrons. The van der Waals surface area contributed by atoms with Crippen LogP contribution in [0, 0.1) is 12.3 Å². The molecule has 0 saturated carbocycles. The second-order valence-electron chi connectivity index (χ2n) is 3.53. The fourth-order valence-electron chi connectivity index (χ4n) is 1.47. The Kier molecular flexibility index (Phi) is 3.38. The van der Waals surface area contributed by atoms with Gasteiger partial charge in [0.25, 0.3) is 0 Å². The van der Waals surface area contributed by atoms with Crippen molar-refractivity contribution in [2.24, 2.45) is 0 Å². The molecular weight excluding hydrogens is 216 g/mol. The maximum Gasteiger partial charge on any atom is 0.238 e. The molecule has 1 heterocycles. The summed E-state index contributed by atoms with van der Waals surface area (Å²) >= 11 is 0. The van der Waals surface area contributed by atoms with Crippen LogP contribution in [-0.2, 0) is 4.79 Å². The van der Waals surface area contributed by atoms with Crippen LogP contribution >= 0.6 is 0 Å². The third-order valence-corrected chi connectivity index (χ3v) is 2.24. The number of fused-ring (bicyclic) bond motifs is 1. The van der Waals surface area contributed by atoms with E-state index in [2.05, 4.69) is 26.8 Å². The molecule has 3 N–H and O–H groups in total. The first-order valence-electron chi connectivity index (χ1n) is 5.17. The zero-order valence-electron chi connectivity index (χ0n) is 9.16. The van der Waals surface area contributed by atoms with Crippen molar-refractivity contribution in [1.29, 1.82) is 0 Å². The first kappa shape index (κ1) is 11.2. The summed E-state index contributed by atoms with van der Waals surface area (Å²) in [6.45, 7) is 0.585. The number of terminal acetylenes is 1. The van der Waals surface area contributed by atoms with Gasteiger partial charge in [-0.1, -0.05) is 5.92 Å². The minimum atomic E-state index is -0.122. The lowest BCUT2D eigenvalue weighted by Gasteiger charge is -2.05. The van der Waals surface area contributed by atoms with Crippen LogP contribution in [0.1, 0.15) is 0 Å². The quantitative estimate of drug-likeness (QED) is 0.533. The number of nitrogens with one attached hydrogen (secondary N) is 3. The van der Waals surface area contributed by atoms with E-state index >= 15 is 0 Å². The molecule has 2 rings (SSSR count). The monoisotopic (exact) mass is 228 g/mol. The molecule has 0 bridgehead atoms. The Morgan fingerprint density at radius 2 is 2.41 bits per heavy atom. The van der Waals surface area contributed by atoms with Gasteiger partial charge in [-0.05, 0) is 18.2 Å². The molecule has 0 aliphatic rings.